The first-order valence-electron chi connectivity index (χ1n) is 8.21. The van der Waals surface area contributed by atoms with Crippen molar-refractivity contribution in [2.75, 3.05) is 41.0 Å². The van der Waals surface area contributed by atoms with Crippen LogP contribution >= 0.6 is 36.3 Å². The number of nitrogens with one attached hydrogen (secondary N) is 1. The van der Waals surface area contributed by atoms with Gasteiger partial charge in [-0.2, -0.15) is 0 Å². The molecule has 0 radical (unpaired) electrons. The molecule has 26 heavy (non-hydrogen) atoms. The number of amidine groups is 2. The van der Waals surface area contributed by atoms with Gasteiger partial charge in [-0.25, -0.2) is 14.7 Å². The van der Waals surface area contributed by atoms with Gasteiger partial charge < -0.3 is 14.5 Å². The number of hydrazone groups is 1. The average molecular weight is 413 g/mol. The number of benzene rings is 1. The van der Waals surface area contributed by atoms with E-state index in [0.29, 0.717) is 18.4 Å². The Morgan fingerprint density at radius 3 is 2.73 bits per heavy atom. The van der Waals surface area contributed by atoms with Gasteiger partial charge in [0.05, 0.1) is 0 Å². The second-order valence-corrected chi connectivity index (χ2v) is 9.09. The molecule has 1 aromatic rings. The lowest BCUT2D eigenvalue weighted by atomic mass is 10.3. The van der Waals surface area contributed by atoms with Crippen molar-refractivity contribution in [1.29, 1.82) is 0 Å². The second-order valence-electron chi connectivity index (χ2n) is 6.45. The lowest BCUT2D eigenvalue weighted by Crippen LogP contribution is -2.27. The van der Waals surface area contributed by atoms with Gasteiger partial charge in [0, 0.05) is 18.5 Å². The maximum atomic E-state index is 5.74. The molecule has 0 amide bonds. The smallest absolute Gasteiger partial charge is 0.199 e. The summed E-state index contributed by atoms with van der Waals surface area (Å²) in [5, 5.41) is 7.79. The first kappa shape index (κ1) is 19.7. The number of thioether (sulfide) groups is 1. The quantitative estimate of drug-likeness (QED) is 0.550. The zero-order valence-corrected chi connectivity index (χ0v) is 17.9. The van der Waals surface area contributed by atoms with Crippen molar-refractivity contribution in [3.05, 3.63) is 24.3 Å². The number of thiol groups is 1. The van der Waals surface area contributed by atoms with E-state index in [1.54, 1.807) is 11.8 Å². The Balaban J connectivity index is 1.58. The fourth-order valence-electron chi connectivity index (χ4n) is 2.29. The predicted octanol–water partition coefficient (Wildman–Crippen LogP) is 2.41. The van der Waals surface area contributed by atoms with E-state index in [1.165, 1.54) is 11.9 Å². The van der Waals surface area contributed by atoms with Crippen LogP contribution in [0.3, 0.4) is 0 Å². The molecule has 1 aromatic carbocycles. The van der Waals surface area contributed by atoms with Crippen LogP contribution in [0.1, 0.15) is 6.92 Å². The van der Waals surface area contributed by atoms with Crippen molar-refractivity contribution in [3.8, 4) is 5.75 Å². The SMILES string of the molecule is CN(C)CCOc1ccc(SC2(C)N=C(N3CN(C)C(S)=N3)SN2)cc1. The molecule has 3 rings (SSSR count). The van der Waals surface area contributed by atoms with Crippen molar-refractivity contribution in [3.63, 3.8) is 0 Å². The summed E-state index contributed by atoms with van der Waals surface area (Å²) in [4.78, 5) is 9.56. The van der Waals surface area contributed by atoms with Gasteiger partial charge in [-0.15, -0.1) is 17.7 Å². The van der Waals surface area contributed by atoms with Crippen molar-refractivity contribution in [1.82, 2.24) is 19.5 Å². The van der Waals surface area contributed by atoms with Crippen molar-refractivity contribution < 1.29 is 4.74 Å². The van der Waals surface area contributed by atoms with Crippen LogP contribution in [0.15, 0.2) is 39.3 Å². The molecule has 1 N–H and O–H groups in total. The number of hydrogen-bond donors (Lipinski definition) is 2. The average Bonchev–Trinajstić information content (AvgIpc) is 3.12. The molecule has 0 spiro atoms. The predicted molar refractivity (Wildman–Crippen MR) is 114 cm³/mol. The van der Waals surface area contributed by atoms with Crippen LogP contribution in [0.5, 0.6) is 5.75 Å². The monoisotopic (exact) mass is 412 g/mol. The van der Waals surface area contributed by atoms with E-state index in [-0.39, 0.29) is 0 Å². The number of nitrogens with zero attached hydrogens (tertiary/aromatic N) is 5. The highest BCUT2D eigenvalue weighted by atomic mass is 32.2. The number of aliphatic imine (C=N–C) groups is 1. The van der Waals surface area contributed by atoms with E-state index in [4.69, 9.17) is 9.73 Å². The third kappa shape index (κ3) is 5.01. The fraction of sp³-hybridized carbons (Fsp3) is 0.500. The van der Waals surface area contributed by atoms with Crippen LogP contribution in [0.4, 0.5) is 0 Å². The molecular formula is C16H24N6OS3. The molecule has 0 bridgehead atoms. The Morgan fingerprint density at radius 1 is 1.38 bits per heavy atom. The van der Waals surface area contributed by atoms with E-state index in [0.717, 1.165) is 22.4 Å². The van der Waals surface area contributed by atoms with Crippen molar-refractivity contribution in [2.45, 2.75) is 16.8 Å². The zero-order chi connectivity index (χ0) is 18.7. The molecule has 0 fully saturated rings. The van der Waals surface area contributed by atoms with Crippen LogP contribution in [-0.4, -0.2) is 71.1 Å². The van der Waals surface area contributed by atoms with Crippen LogP contribution in [0.25, 0.3) is 0 Å². The molecule has 2 aliphatic rings. The van der Waals surface area contributed by atoms with E-state index in [2.05, 4.69) is 46.4 Å². The third-order valence-corrected chi connectivity index (χ3v) is 6.35. The van der Waals surface area contributed by atoms with Crippen LogP contribution in [0.2, 0.25) is 0 Å². The normalized spacial score (nSPS) is 22.8. The van der Waals surface area contributed by atoms with Gasteiger partial charge >= 0.3 is 0 Å². The zero-order valence-electron chi connectivity index (χ0n) is 15.3. The lowest BCUT2D eigenvalue weighted by Gasteiger charge is -2.19. The Labute approximate surface area is 168 Å². The fourth-order valence-corrected chi connectivity index (χ4v) is 4.43. The highest BCUT2D eigenvalue weighted by molar-refractivity contribution is 8.13. The Bertz CT molecular complexity index is 696. The van der Waals surface area contributed by atoms with E-state index >= 15 is 0 Å². The van der Waals surface area contributed by atoms with Gasteiger partial charge in [-0.05, 0) is 57.2 Å². The Hall–Kier alpha value is -1.07. The molecule has 7 nitrogen and oxygen atoms in total. The van der Waals surface area contributed by atoms with Gasteiger partial charge in [-0.3, -0.25) is 0 Å². The summed E-state index contributed by atoms with van der Waals surface area (Å²) >= 11 is 7.50. The second kappa shape index (κ2) is 8.30. The van der Waals surface area contributed by atoms with Gasteiger partial charge in [0.25, 0.3) is 0 Å². The van der Waals surface area contributed by atoms with Crippen molar-refractivity contribution in [2.24, 2.45) is 10.1 Å². The maximum absolute atomic E-state index is 5.74. The number of ether oxygens (including phenoxy) is 1. The van der Waals surface area contributed by atoms with E-state index in [9.17, 15) is 0 Å². The maximum Gasteiger partial charge on any atom is 0.199 e. The summed E-state index contributed by atoms with van der Waals surface area (Å²) < 4.78 is 9.12. The first-order valence-corrected chi connectivity index (χ1v) is 10.3. The molecule has 10 heteroatoms. The largest absolute Gasteiger partial charge is 0.492 e. The molecular weight excluding hydrogens is 388 g/mol. The summed E-state index contributed by atoms with van der Waals surface area (Å²) in [6, 6.07) is 8.13. The van der Waals surface area contributed by atoms with Crippen LogP contribution in [0, 0.1) is 0 Å². The standard InChI is InChI=1S/C16H24N6OS3/c1-16(17-15(26-19-16)22-11-21(4)14(24)18-22)25-13-7-5-12(6-8-13)23-10-9-20(2)3/h5-8,19H,9-11H2,1-4H3,(H,18,24). The number of likely N-dealkylation sites (N-methyl/N-ethyl adjacent to an activating group) is 1. The molecule has 0 aliphatic carbocycles. The number of hydrogen-bond acceptors (Lipinski definition) is 9. The van der Waals surface area contributed by atoms with Gasteiger partial charge in [0.2, 0.25) is 0 Å². The molecule has 1 atom stereocenters. The summed E-state index contributed by atoms with van der Waals surface area (Å²) in [6.45, 7) is 4.30. The molecule has 2 heterocycles. The van der Waals surface area contributed by atoms with Gasteiger partial charge in [0.15, 0.2) is 15.3 Å². The van der Waals surface area contributed by atoms with Crippen LogP contribution < -0.4 is 9.46 Å². The van der Waals surface area contributed by atoms with Gasteiger partial charge in [0.1, 0.15) is 19.0 Å². The topological polar surface area (TPSA) is 55.7 Å². The van der Waals surface area contributed by atoms with Gasteiger partial charge in [-0.1, -0.05) is 11.8 Å². The summed E-state index contributed by atoms with van der Waals surface area (Å²) in [5.74, 6) is 0.884. The van der Waals surface area contributed by atoms with Crippen LogP contribution in [-0.2, 0) is 0 Å². The molecule has 2 aliphatic heterocycles. The number of rotatable bonds is 6. The van der Waals surface area contributed by atoms with E-state index < -0.39 is 4.99 Å². The van der Waals surface area contributed by atoms with Crippen molar-refractivity contribution >= 4 is 46.7 Å². The first-order chi connectivity index (χ1) is 12.3. The van der Waals surface area contributed by atoms with E-state index in [1.807, 2.05) is 43.2 Å². The lowest BCUT2D eigenvalue weighted by molar-refractivity contribution is 0.261. The third-order valence-electron chi connectivity index (χ3n) is 3.71. The Kier molecular flexibility index (Phi) is 6.29. The summed E-state index contributed by atoms with van der Waals surface area (Å²) in [6.07, 6.45) is 0. The molecule has 0 saturated heterocycles. The molecule has 0 aromatic heterocycles. The minimum absolute atomic E-state index is 0.444. The molecule has 142 valence electrons. The minimum Gasteiger partial charge on any atom is -0.492 e. The summed E-state index contributed by atoms with van der Waals surface area (Å²) in [7, 11) is 6.02. The highest BCUT2D eigenvalue weighted by Gasteiger charge is 2.35. The minimum atomic E-state index is -0.444. The summed E-state index contributed by atoms with van der Waals surface area (Å²) in [5.41, 5.74) is 0. The Morgan fingerprint density at radius 2 is 2.12 bits per heavy atom. The molecule has 1 unspecified atom stereocenters. The molecule has 0 saturated carbocycles. The highest BCUT2D eigenvalue weighted by Crippen LogP contribution is 2.39.